The molecule has 0 aromatic rings. The molecule has 0 heterocycles. The Morgan fingerprint density at radius 2 is 2.27 bits per heavy atom. The molecule has 0 radical (unpaired) electrons. The fraction of sp³-hybridized carbons (Fsp3) is 0.625. The van der Waals surface area contributed by atoms with E-state index in [1.54, 1.807) is 6.92 Å². The zero-order valence-corrected chi connectivity index (χ0v) is 7.00. The van der Waals surface area contributed by atoms with Gasteiger partial charge >= 0.3 is 5.97 Å². The summed E-state index contributed by atoms with van der Waals surface area (Å²) in [7, 11) is 0. The minimum atomic E-state index is -0.810. The summed E-state index contributed by atoms with van der Waals surface area (Å²) < 4.78 is 0. The topological polar surface area (TPSA) is 49.3 Å². The van der Waals surface area contributed by atoms with Crippen molar-refractivity contribution in [1.82, 2.24) is 5.32 Å². The van der Waals surface area contributed by atoms with Crippen LogP contribution in [0.3, 0.4) is 0 Å². The van der Waals surface area contributed by atoms with Crippen LogP contribution in [-0.2, 0) is 4.79 Å². The Balaban J connectivity index is 3.38. The van der Waals surface area contributed by atoms with E-state index in [4.69, 9.17) is 5.11 Å². The molecule has 11 heavy (non-hydrogen) atoms. The van der Waals surface area contributed by atoms with Gasteiger partial charge in [-0.25, -0.2) is 0 Å². The Hall–Kier alpha value is -0.830. The Morgan fingerprint density at radius 1 is 1.64 bits per heavy atom. The van der Waals surface area contributed by atoms with Crippen LogP contribution >= 0.6 is 0 Å². The zero-order valence-electron chi connectivity index (χ0n) is 7.00. The van der Waals surface area contributed by atoms with E-state index >= 15 is 0 Å². The molecule has 3 nitrogen and oxygen atoms in total. The molecular weight excluding hydrogens is 142 g/mol. The smallest absolute Gasteiger partial charge is 0.320 e. The lowest BCUT2D eigenvalue weighted by molar-refractivity contribution is -0.138. The highest BCUT2D eigenvalue weighted by atomic mass is 16.4. The van der Waals surface area contributed by atoms with Crippen LogP contribution in [0, 0.1) is 0 Å². The molecule has 1 unspecified atom stereocenters. The normalized spacial score (nSPS) is 13.6. The van der Waals surface area contributed by atoms with Crippen LogP contribution in [0.5, 0.6) is 0 Å². The van der Waals surface area contributed by atoms with Crippen LogP contribution in [0.2, 0.25) is 0 Å². The van der Waals surface area contributed by atoms with Crippen molar-refractivity contribution in [3.63, 3.8) is 0 Å². The zero-order chi connectivity index (χ0) is 8.69. The molecule has 0 amide bonds. The molecule has 0 aromatic carbocycles. The number of allylic oxidation sites excluding steroid dienone is 1. The monoisotopic (exact) mass is 157 g/mol. The number of carboxylic acid groups (broad SMARTS) is 1. The summed E-state index contributed by atoms with van der Waals surface area (Å²) in [5.41, 5.74) is 0. The molecule has 64 valence electrons. The predicted octanol–water partition coefficient (Wildman–Crippen LogP) is 1.02. The van der Waals surface area contributed by atoms with Crippen LogP contribution in [-0.4, -0.2) is 23.7 Å². The fourth-order valence-electron chi connectivity index (χ4n) is 0.582. The highest BCUT2D eigenvalue weighted by Crippen LogP contribution is 1.82. The Labute approximate surface area is 67.1 Å². The maximum atomic E-state index is 10.3. The standard InChI is InChI=1S/C8H15NO2/c1-3-4-5-6-9-7(2)8(10)11/h4-5,7,9H,3,6H2,1-2H3,(H,10,11)/b5-4+. The minimum absolute atomic E-state index is 0.462. The van der Waals surface area contributed by atoms with Gasteiger partial charge in [-0.05, 0) is 13.3 Å². The lowest BCUT2D eigenvalue weighted by Gasteiger charge is -2.04. The van der Waals surface area contributed by atoms with E-state index in [0.29, 0.717) is 6.54 Å². The summed E-state index contributed by atoms with van der Waals surface area (Å²) in [6.07, 6.45) is 4.92. The molecule has 0 fully saturated rings. The molecule has 0 aromatic heterocycles. The summed E-state index contributed by atoms with van der Waals surface area (Å²) in [6.45, 7) is 4.29. The number of nitrogens with one attached hydrogen (secondary N) is 1. The molecule has 0 saturated heterocycles. The van der Waals surface area contributed by atoms with Gasteiger partial charge < -0.3 is 10.4 Å². The maximum absolute atomic E-state index is 10.3. The van der Waals surface area contributed by atoms with Crippen molar-refractivity contribution >= 4 is 5.97 Å². The molecule has 0 rings (SSSR count). The number of carbonyl (C=O) groups is 1. The highest BCUT2D eigenvalue weighted by Gasteiger charge is 2.06. The van der Waals surface area contributed by atoms with E-state index in [0.717, 1.165) is 6.42 Å². The molecule has 1 atom stereocenters. The third kappa shape index (κ3) is 5.61. The first-order chi connectivity index (χ1) is 5.18. The fourth-order valence-corrected chi connectivity index (χ4v) is 0.582. The van der Waals surface area contributed by atoms with Gasteiger partial charge in [-0.2, -0.15) is 0 Å². The first kappa shape index (κ1) is 10.2. The minimum Gasteiger partial charge on any atom is -0.480 e. The van der Waals surface area contributed by atoms with Crippen LogP contribution in [0.4, 0.5) is 0 Å². The van der Waals surface area contributed by atoms with Crippen molar-refractivity contribution in [2.45, 2.75) is 26.3 Å². The lowest BCUT2D eigenvalue weighted by atomic mass is 10.3. The molecule has 2 N–H and O–H groups in total. The predicted molar refractivity (Wildman–Crippen MR) is 44.5 cm³/mol. The molecular formula is C8H15NO2. The average Bonchev–Trinajstić information content (AvgIpc) is 1.97. The van der Waals surface area contributed by atoms with Gasteiger partial charge in [-0.3, -0.25) is 4.79 Å². The van der Waals surface area contributed by atoms with Gasteiger partial charge in [0.2, 0.25) is 0 Å². The van der Waals surface area contributed by atoms with Gasteiger partial charge in [0.15, 0.2) is 0 Å². The van der Waals surface area contributed by atoms with Crippen LogP contribution in [0.15, 0.2) is 12.2 Å². The second kappa shape index (κ2) is 5.92. The first-order valence-corrected chi connectivity index (χ1v) is 3.79. The van der Waals surface area contributed by atoms with Gasteiger partial charge in [0.05, 0.1) is 0 Å². The molecule has 0 saturated carbocycles. The highest BCUT2D eigenvalue weighted by molar-refractivity contribution is 5.72. The van der Waals surface area contributed by atoms with Crippen molar-refractivity contribution in [2.75, 3.05) is 6.54 Å². The van der Waals surface area contributed by atoms with Gasteiger partial charge in [-0.1, -0.05) is 19.1 Å². The van der Waals surface area contributed by atoms with Crippen molar-refractivity contribution in [3.8, 4) is 0 Å². The first-order valence-electron chi connectivity index (χ1n) is 3.79. The number of carboxylic acids is 1. The van der Waals surface area contributed by atoms with E-state index in [2.05, 4.69) is 5.32 Å². The van der Waals surface area contributed by atoms with Gasteiger partial charge in [0.25, 0.3) is 0 Å². The Morgan fingerprint density at radius 3 is 2.73 bits per heavy atom. The summed E-state index contributed by atoms with van der Waals surface area (Å²) >= 11 is 0. The van der Waals surface area contributed by atoms with Crippen LogP contribution < -0.4 is 5.32 Å². The third-order valence-electron chi connectivity index (χ3n) is 1.31. The van der Waals surface area contributed by atoms with Crippen molar-refractivity contribution in [1.29, 1.82) is 0 Å². The second-order valence-corrected chi connectivity index (χ2v) is 2.35. The molecule has 0 aliphatic heterocycles. The maximum Gasteiger partial charge on any atom is 0.320 e. The van der Waals surface area contributed by atoms with Crippen molar-refractivity contribution in [2.24, 2.45) is 0 Å². The molecule has 0 aliphatic rings. The van der Waals surface area contributed by atoms with E-state index in [1.807, 2.05) is 19.1 Å². The van der Waals surface area contributed by atoms with E-state index in [-0.39, 0.29) is 0 Å². The number of rotatable bonds is 5. The molecule has 0 spiro atoms. The Bertz CT molecular complexity index is 143. The summed E-state index contributed by atoms with van der Waals surface area (Å²) in [6, 6.07) is -0.462. The van der Waals surface area contributed by atoms with E-state index in [9.17, 15) is 4.79 Å². The van der Waals surface area contributed by atoms with E-state index < -0.39 is 12.0 Å². The number of aliphatic carboxylic acids is 1. The van der Waals surface area contributed by atoms with Gasteiger partial charge in [-0.15, -0.1) is 0 Å². The largest absolute Gasteiger partial charge is 0.480 e. The quantitative estimate of drug-likeness (QED) is 0.586. The number of hydrogen-bond donors (Lipinski definition) is 2. The van der Waals surface area contributed by atoms with Crippen molar-refractivity contribution < 1.29 is 9.90 Å². The average molecular weight is 157 g/mol. The summed E-state index contributed by atoms with van der Waals surface area (Å²) in [4.78, 5) is 10.3. The van der Waals surface area contributed by atoms with Crippen LogP contribution in [0.1, 0.15) is 20.3 Å². The molecule has 0 bridgehead atoms. The molecule has 3 heteroatoms. The van der Waals surface area contributed by atoms with Gasteiger partial charge in [0.1, 0.15) is 6.04 Å². The molecule has 0 aliphatic carbocycles. The SMILES string of the molecule is CC/C=C/CNC(C)C(=O)O. The van der Waals surface area contributed by atoms with E-state index in [1.165, 1.54) is 0 Å². The van der Waals surface area contributed by atoms with Crippen LogP contribution in [0.25, 0.3) is 0 Å². The number of hydrogen-bond acceptors (Lipinski definition) is 2. The van der Waals surface area contributed by atoms with Crippen molar-refractivity contribution in [3.05, 3.63) is 12.2 Å². The van der Waals surface area contributed by atoms with Gasteiger partial charge in [0, 0.05) is 6.54 Å². The third-order valence-corrected chi connectivity index (χ3v) is 1.31. The summed E-state index contributed by atoms with van der Waals surface area (Å²) in [5, 5.41) is 11.3. The summed E-state index contributed by atoms with van der Waals surface area (Å²) in [5.74, 6) is -0.810. The lowest BCUT2D eigenvalue weighted by Crippen LogP contribution is -2.33. The second-order valence-electron chi connectivity index (χ2n) is 2.35. The Kier molecular flexibility index (Phi) is 5.47.